The van der Waals surface area contributed by atoms with Gasteiger partial charge in [-0.15, -0.1) is 24.0 Å². The lowest BCUT2D eigenvalue weighted by molar-refractivity contribution is -0.138. The summed E-state index contributed by atoms with van der Waals surface area (Å²) >= 11 is 0. The fourth-order valence-corrected chi connectivity index (χ4v) is 2.86. The molecule has 1 saturated heterocycles. The van der Waals surface area contributed by atoms with E-state index in [0.29, 0.717) is 51.0 Å². The van der Waals surface area contributed by atoms with E-state index in [4.69, 9.17) is 9.47 Å². The van der Waals surface area contributed by atoms with Crippen molar-refractivity contribution < 1.29 is 22.6 Å². The molecular formula is C20H32F3IN4O2. The maximum absolute atomic E-state index is 13.7. The van der Waals surface area contributed by atoms with Crippen molar-refractivity contribution in [3.05, 3.63) is 29.3 Å². The van der Waals surface area contributed by atoms with Gasteiger partial charge >= 0.3 is 6.18 Å². The number of nitrogens with one attached hydrogen (secondary N) is 2. The molecule has 172 valence electrons. The highest BCUT2D eigenvalue weighted by Crippen LogP contribution is 2.35. The number of hydrogen-bond donors (Lipinski definition) is 2. The van der Waals surface area contributed by atoms with Crippen molar-refractivity contribution in [1.82, 2.24) is 10.6 Å². The summed E-state index contributed by atoms with van der Waals surface area (Å²) in [6.07, 6.45) is -4.45. The van der Waals surface area contributed by atoms with E-state index in [0.717, 1.165) is 0 Å². The zero-order chi connectivity index (χ0) is 21.5. The highest BCUT2D eigenvalue weighted by Gasteiger charge is 2.34. The number of ether oxygens (including phenoxy) is 2. The minimum Gasteiger partial charge on any atom is -0.378 e. The van der Waals surface area contributed by atoms with E-state index in [2.05, 4.69) is 15.6 Å². The van der Waals surface area contributed by atoms with Crippen LogP contribution in [0, 0.1) is 0 Å². The number of guanidine groups is 1. The first-order valence-electron chi connectivity index (χ1n) is 9.76. The van der Waals surface area contributed by atoms with E-state index in [1.54, 1.807) is 13.2 Å². The summed E-state index contributed by atoms with van der Waals surface area (Å²) in [4.78, 5) is 6.25. The molecule has 0 radical (unpaired) electrons. The van der Waals surface area contributed by atoms with E-state index >= 15 is 0 Å². The van der Waals surface area contributed by atoms with Crippen LogP contribution in [0.2, 0.25) is 0 Å². The van der Waals surface area contributed by atoms with Crippen molar-refractivity contribution in [2.75, 3.05) is 51.4 Å². The number of rotatable bonds is 7. The van der Waals surface area contributed by atoms with Gasteiger partial charge in [0.2, 0.25) is 0 Å². The van der Waals surface area contributed by atoms with Crippen LogP contribution in [0.15, 0.2) is 23.2 Å². The molecule has 0 spiro atoms. The van der Waals surface area contributed by atoms with Gasteiger partial charge in [-0.05, 0) is 38.5 Å². The number of morpholine rings is 1. The Labute approximate surface area is 193 Å². The Morgan fingerprint density at radius 3 is 2.43 bits per heavy atom. The molecule has 0 atom stereocenters. The average Bonchev–Trinajstić information content (AvgIpc) is 2.70. The molecule has 2 N–H and O–H groups in total. The lowest BCUT2D eigenvalue weighted by atomic mass is 10.1. The lowest BCUT2D eigenvalue weighted by Gasteiger charge is -2.29. The maximum Gasteiger partial charge on any atom is 0.416 e. The van der Waals surface area contributed by atoms with Gasteiger partial charge in [0.15, 0.2) is 5.96 Å². The third kappa shape index (κ3) is 8.10. The number of methoxy groups -OCH3 is 1. The number of nitrogens with zero attached hydrogens (tertiary/aromatic N) is 2. The topological polar surface area (TPSA) is 58.1 Å². The number of hydrogen-bond acceptors (Lipinski definition) is 4. The third-order valence-electron chi connectivity index (χ3n) is 4.76. The molecule has 6 nitrogen and oxygen atoms in total. The van der Waals surface area contributed by atoms with Crippen molar-refractivity contribution >= 4 is 35.6 Å². The first-order chi connectivity index (χ1) is 13.7. The predicted molar refractivity (Wildman–Crippen MR) is 124 cm³/mol. The number of aliphatic imine (C=N–C) groups is 1. The summed E-state index contributed by atoms with van der Waals surface area (Å²) in [6.45, 7) is 8.91. The highest BCUT2D eigenvalue weighted by molar-refractivity contribution is 14.0. The third-order valence-corrected chi connectivity index (χ3v) is 4.76. The first-order valence-corrected chi connectivity index (χ1v) is 9.76. The van der Waals surface area contributed by atoms with E-state index in [-0.39, 0.29) is 36.1 Å². The van der Waals surface area contributed by atoms with Gasteiger partial charge in [0.1, 0.15) is 0 Å². The van der Waals surface area contributed by atoms with Crippen LogP contribution in [0.3, 0.4) is 0 Å². The second-order valence-corrected chi connectivity index (χ2v) is 7.45. The Kier molecular flexibility index (Phi) is 10.7. The molecule has 0 amide bonds. The quantitative estimate of drug-likeness (QED) is 0.312. The van der Waals surface area contributed by atoms with Gasteiger partial charge in [-0.1, -0.05) is 6.07 Å². The molecular weight excluding hydrogens is 512 g/mol. The van der Waals surface area contributed by atoms with Crippen molar-refractivity contribution in [2.24, 2.45) is 4.99 Å². The van der Waals surface area contributed by atoms with Gasteiger partial charge in [-0.2, -0.15) is 13.2 Å². The number of alkyl halides is 3. The molecule has 0 saturated carbocycles. The van der Waals surface area contributed by atoms with E-state index in [1.807, 2.05) is 25.7 Å². The molecule has 0 aliphatic carbocycles. The molecule has 0 aromatic heterocycles. The van der Waals surface area contributed by atoms with Crippen molar-refractivity contribution in [3.8, 4) is 0 Å². The molecule has 10 heteroatoms. The summed E-state index contributed by atoms with van der Waals surface area (Å²) in [5, 5.41) is 6.16. The van der Waals surface area contributed by atoms with Gasteiger partial charge in [0.25, 0.3) is 0 Å². The molecule has 2 rings (SSSR count). The smallest absolute Gasteiger partial charge is 0.378 e. The minimum absolute atomic E-state index is 0. The summed E-state index contributed by atoms with van der Waals surface area (Å²) in [5.41, 5.74) is -0.385. The van der Waals surface area contributed by atoms with Crippen LogP contribution < -0.4 is 15.5 Å². The van der Waals surface area contributed by atoms with Gasteiger partial charge in [0.05, 0.1) is 30.9 Å². The second-order valence-electron chi connectivity index (χ2n) is 7.45. The molecule has 30 heavy (non-hydrogen) atoms. The van der Waals surface area contributed by atoms with Gasteiger partial charge in [-0.3, -0.25) is 0 Å². The summed E-state index contributed by atoms with van der Waals surface area (Å²) < 4.78 is 51.7. The van der Waals surface area contributed by atoms with Crippen molar-refractivity contribution in [2.45, 2.75) is 39.1 Å². The molecule has 1 heterocycles. The lowest BCUT2D eigenvalue weighted by Crippen LogP contribution is -2.45. The predicted octanol–water partition coefficient (Wildman–Crippen LogP) is 3.64. The molecule has 0 bridgehead atoms. The molecule has 1 aliphatic heterocycles. The maximum atomic E-state index is 13.7. The average molecular weight is 544 g/mol. The summed E-state index contributed by atoms with van der Waals surface area (Å²) in [7, 11) is 1.61. The zero-order valence-electron chi connectivity index (χ0n) is 17.9. The molecule has 0 unspecified atom stereocenters. The molecule has 1 aromatic rings. The van der Waals surface area contributed by atoms with E-state index in [9.17, 15) is 13.2 Å². The minimum atomic E-state index is -4.45. The Morgan fingerprint density at radius 1 is 1.20 bits per heavy atom. The number of benzene rings is 1. The zero-order valence-corrected chi connectivity index (χ0v) is 20.3. The molecule has 1 aromatic carbocycles. The number of anilines is 1. The van der Waals surface area contributed by atoms with Crippen molar-refractivity contribution in [1.29, 1.82) is 0 Å². The largest absolute Gasteiger partial charge is 0.416 e. The van der Waals surface area contributed by atoms with Crippen LogP contribution in [0.5, 0.6) is 0 Å². The monoisotopic (exact) mass is 544 g/mol. The van der Waals surface area contributed by atoms with Crippen LogP contribution in [0.4, 0.5) is 18.9 Å². The van der Waals surface area contributed by atoms with Gasteiger partial charge in [-0.25, -0.2) is 4.99 Å². The Hall–Kier alpha value is -1.27. The normalized spacial score (nSPS) is 15.6. The SMILES string of the molecule is CCNC(=NCc1ccc(N2CCOCC2)cc1C(F)(F)F)NCC(C)(C)OC.I. The van der Waals surface area contributed by atoms with E-state index in [1.165, 1.54) is 12.1 Å². The van der Waals surface area contributed by atoms with Crippen molar-refractivity contribution in [3.63, 3.8) is 0 Å². The van der Waals surface area contributed by atoms with Crippen LogP contribution in [0.25, 0.3) is 0 Å². The molecule has 1 fully saturated rings. The molecule has 1 aliphatic rings. The Balaban J connectivity index is 0.00000450. The first kappa shape index (κ1) is 26.8. The highest BCUT2D eigenvalue weighted by atomic mass is 127. The Bertz CT molecular complexity index is 693. The van der Waals surface area contributed by atoms with Crippen LogP contribution in [-0.2, 0) is 22.2 Å². The van der Waals surface area contributed by atoms with Gasteiger partial charge < -0.3 is 25.0 Å². The van der Waals surface area contributed by atoms with E-state index < -0.39 is 17.3 Å². The summed E-state index contributed by atoms with van der Waals surface area (Å²) in [5.74, 6) is 0.447. The van der Waals surface area contributed by atoms with Crippen LogP contribution in [-0.4, -0.2) is 58.1 Å². The van der Waals surface area contributed by atoms with Crippen LogP contribution in [0.1, 0.15) is 31.9 Å². The standard InChI is InChI=1S/C20H31F3N4O2.HI/c1-5-24-18(26-14-19(2,3)28-4)25-13-15-6-7-16(12-17(15)20(21,22)23)27-8-10-29-11-9-27;/h6-7,12H,5,8-11,13-14H2,1-4H3,(H2,24,25,26);1H. The fraction of sp³-hybridized carbons (Fsp3) is 0.650. The second kappa shape index (κ2) is 11.9. The fourth-order valence-electron chi connectivity index (χ4n) is 2.86. The van der Waals surface area contributed by atoms with Gasteiger partial charge in [0, 0.05) is 39.0 Å². The number of halogens is 4. The summed E-state index contributed by atoms with van der Waals surface area (Å²) in [6, 6.07) is 4.45. The Morgan fingerprint density at radius 2 is 1.87 bits per heavy atom. The van der Waals surface area contributed by atoms with Crippen LogP contribution >= 0.6 is 24.0 Å².